The maximum absolute atomic E-state index is 12.0. The molecule has 0 heterocycles. The zero-order valence-electron chi connectivity index (χ0n) is 14.3. The van der Waals surface area contributed by atoms with Crippen molar-refractivity contribution in [2.24, 2.45) is 0 Å². The zero-order chi connectivity index (χ0) is 17.0. The van der Waals surface area contributed by atoms with Gasteiger partial charge in [-0.15, -0.1) is 0 Å². The number of nitrogens with one attached hydrogen (secondary N) is 1. The van der Waals surface area contributed by atoms with Crippen LogP contribution in [-0.4, -0.2) is 24.3 Å². The monoisotopic (exact) mass is 319 g/mol. The van der Waals surface area contributed by atoms with Crippen molar-refractivity contribution in [3.8, 4) is 0 Å². The maximum atomic E-state index is 12.0. The summed E-state index contributed by atoms with van der Waals surface area (Å²) in [6.07, 6.45) is 2.34. The second-order valence-electron chi connectivity index (χ2n) is 6.73. The van der Waals surface area contributed by atoms with Gasteiger partial charge in [-0.1, -0.05) is 6.07 Å². The van der Waals surface area contributed by atoms with E-state index in [2.05, 4.69) is 5.32 Å². The number of hydrogen-bond donors (Lipinski definition) is 1. The van der Waals surface area contributed by atoms with Gasteiger partial charge in [-0.25, -0.2) is 9.59 Å². The standard InChI is InChI=1S/C18H25NO4/c1-5-22-16(20)13-10-9-12-7-6-8-15(14(12)11-13)19-17(21)23-18(2,3)4/h9-11,15H,5-8H2,1-4H3,(H,19,21). The van der Waals surface area contributed by atoms with E-state index in [0.717, 1.165) is 30.4 Å². The van der Waals surface area contributed by atoms with Crippen molar-refractivity contribution >= 4 is 12.1 Å². The molecule has 0 bridgehead atoms. The highest BCUT2D eigenvalue weighted by molar-refractivity contribution is 5.89. The Labute approximate surface area is 137 Å². The number of alkyl carbamates (subject to hydrolysis) is 1. The van der Waals surface area contributed by atoms with Gasteiger partial charge in [-0.2, -0.15) is 0 Å². The molecule has 1 amide bonds. The van der Waals surface area contributed by atoms with Gasteiger partial charge in [0.2, 0.25) is 0 Å². The van der Waals surface area contributed by atoms with E-state index in [1.165, 1.54) is 0 Å². The van der Waals surface area contributed by atoms with Gasteiger partial charge in [0.1, 0.15) is 5.60 Å². The molecule has 1 unspecified atom stereocenters. The Morgan fingerprint density at radius 1 is 1.30 bits per heavy atom. The van der Waals surface area contributed by atoms with Crippen LogP contribution in [0, 0.1) is 0 Å². The highest BCUT2D eigenvalue weighted by atomic mass is 16.6. The molecule has 0 saturated heterocycles. The second-order valence-corrected chi connectivity index (χ2v) is 6.73. The normalized spacial score (nSPS) is 17.1. The number of amides is 1. The van der Waals surface area contributed by atoms with Crippen molar-refractivity contribution in [1.82, 2.24) is 5.32 Å². The van der Waals surface area contributed by atoms with Gasteiger partial charge in [0.15, 0.2) is 0 Å². The van der Waals surface area contributed by atoms with Gasteiger partial charge < -0.3 is 14.8 Å². The van der Waals surface area contributed by atoms with Gasteiger partial charge >= 0.3 is 12.1 Å². The Bertz CT molecular complexity index is 589. The summed E-state index contributed by atoms with van der Waals surface area (Å²) in [4.78, 5) is 23.9. The Balaban J connectivity index is 2.18. The number of benzene rings is 1. The smallest absolute Gasteiger partial charge is 0.408 e. The lowest BCUT2D eigenvalue weighted by Crippen LogP contribution is -2.36. The number of fused-ring (bicyclic) bond motifs is 1. The lowest BCUT2D eigenvalue weighted by atomic mass is 9.86. The van der Waals surface area contributed by atoms with Gasteiger partial charge in [0.25, 0.3) is 0 Å². The average molecular weight is 319 g/mol. The minimum Gasteiger partial charge on any atom is -0.462 e. The van der Waals surface area contributed by atoms with Crippen LogP contribution < -0.4 is 5.32 Å². The van der Waals surface area contributed by atoms with Crippen LogP contribution in [0.1, 0.15) is 68.1 Å². The molecule has 0 aromatic heterocycles. The third-order valence-electron chi connectivity index (χ3n) is 3.66. The summed E-state index contributed by atoms with van der Waals surface area (Å²) in [5, 5.41) is 2.92. The fourth-order valence-electron chi connectivity index (χ4n) is 2.74. The topological polar surface area (TPSA) is 64.6 Å². The summed E-state index contributed by atoms with van der Waals surface area (Å²) in [5.74, 6) is -0.336. The Hall–Kier alpha value is -2.04. The molecule has 126 valence electrons. The summed E-state index contributed by atoms with van der Waals surface area (Å²) in [6, 6.07) is 5.43. The molecule has 5 nitrogen and oxygen atoms in total. The van der Waals surface area contributed by atoms with E-state index in [1.807, 2.05) is 32.9 Å². The first-order chi connectivity index (χ1) is 10.8. The number of rotatable bonds is 3. The van der Waals surface area contributed by atoms with Crippen LogP contribution in [0.4, 0.5) is 4.79 Å². The predicted octanol–water partition coefficient (Wildman–Crippen LogP) is 3.77. The molecule has 2 rings (SSSR count). The van der Waals surface area contributed by atoms with Crippen LogP contribution in [0.25, 0.3) is 0 Å². The molecular formula is C18H25NO4. The van der Waals surface area contributed by atoms with Gasteiger partial charge in [0, 0.05) is 0 Å². The SMILES string of the molecule is CCOC(=O)c1ccc2c(c1)C(NC(=O)OC(C)(C)C)CCC2. The summed E-state index contributed by atoms with van der Waals surface area (Å²) in [5.41, 5.74) is 2.12. The Morgan fingerprint density at radius 2 is 2.04 bits per heavy atom. The van der Waals surface area contributed by atoms with Crippen molar-refractivity contribution < 1.29 is 19.1 Å². The molecule has 1 aliphatic carbocycles. The largest absolute Gasteiger partial charge is 0.462 e. The van der Waals surface area contributed by atoms with Crippen LogP contribution in [0.2, 0.25) is 0 Å². The molecule has 1 aliphatic rings. The molecular weight excluding hydrogens is 294 g/mol. The summed E-state index contributed by atoms with van der Waals surface area (Å²) >= 11 is 0. The first-order valence-corrected chi connectivity index (χ1v) is 8.09. The average Bonchev–Trinajstić information content (AvgIpc) is 2.45. The first kappa shape index (κ1) is 17.3. The lowest BCUT2D eigenvalue weighted by Gasteiger charge is -2.28. The van der Waals surface area contributed by atoms with E-state index in [0.29, 0.717) is 12.2 Å². The van der Waals surface area contributed by atoms with Gasteiger partial charge in [0.05, 0.1) is 18.2 Å². The third kappa shape index (κ3) is 4.71. The van der Waals surface area contributed by atoms with E-state index in [-0.39, 0.29) is 12.0 Å². The van der Waals surface area contributed by atoms with Gasteiger partial charge in [-0.3, -0.25) is 0 Å². The molecule has 1 aromatic rings. The van der Waals surface area contributed by atoms with E-state index < -0.39 is 11.7 Å². The highest BCUT2D eigenvalue weighted by Gasteiger charge is 2.25. The molecule has 23 heavy (non-hydrogen) atoms. The van der Waals surface area contributed by atoms with E-state index >= 15 is 0 Å². The number of carbonyl (C=O) groups excluding carboxylic acids is 2. The van der Waals surface area contributed by atoms with Crippen LogP contribution in [0.15, 0.2) is 18.2 Å². The van der Waals surface area contributed by atoms with Gasteiger partial charge in [-0.05, 0) is 70.2 Å². The van der Waals surface area contributed by atoms with Crippen molar-refractivity contribution in [3.63, 3.8) is 0 Å². The molecule has 0 radical (unpaired) electrons. The molecule has 0 spiro atoms. The van der Waals surface area contributed by atoms with Crippen LogP contribution in [0.3, 0.4) is 0 Å². The minimum atomic E-state index is -0.533. The van der Waals surface area contributed by atoms with Crippen LogP contribution in [-0.2, 0) is 15.9 Å². The molecule has 0 aliphatic heterocycles. The maximum Gasteiger partial charge on any atom is 0.408 e. The quantitative estimate of drug-likeness (QED) is 0.861. The Kier molecular flexibility index (Phi) is 5.29. The van der Waals surface area contributed by atoms with Crippen molar-refractivity contribution in [2.45, 2.75) is 58.6 Å². The van der Waals surface area contributed by atoms with Crippen molar-refractivity contribution in [2.75, 3.05) is 6.61 Å². The summed E-state index contributed by atoms with van der Waals surface area (Å²) < 4.78 is 10.4. The first-order valence-electron chi connectivity index (χ1n) is 8.09. The van der Waals surface area contributed by atoms with Crippen molar-refractivity contribution in [1.29, 1.82) is 0 Å². The number of hydrogen-bond acceptors (Lipinski definition) is 4. The summed E-state index contributed by atoms with van der Waals surface area (Å²) in [6.45, 7) is 7.62. The molecule has 0 saturated carbocycles. The Morgan fingerprint density at radius 3 is 2.70 bits per heavy atom. The predicted molar refractivity (Wildman–Crippen MR) is 87.4 cm³/mol. The van der Waals surface area contributed by atoms with E-state index in [4.69, 9.17) is 9.47 Å². The fourth-order valence-corrected chi connectivity index (χ4v) is 2.74. The number of aryl methyl sites for hydroxylation is 1. The third-order valence-corrected chi connectivity index (χ3v) is 3.66. The number of esters is 1. The number of carbonyl (C=O) groups is 2. The van der Waals surface area contributed by atoms with E-state index in [1.54, 1.807) is 13.0 Å². The van der Waals surface area contributed by atoms with Crippen LogP contribution >= 0.6 is 0 Å². The molecule has 1 atom stereocenters. The fraction of sp³-hybridized carbons (Fsp3) is 0.556. The van der Waals surface area contributed by atoms with Crippen molar-refractivity contribution in [3.05, 3.63) is 34.9 Å². The van der Waals surface area contributed by atoms with E-state index in [9.17, 15) is 9.59 Å². The number of ether oxygens (including phenoxy) is 2. The highest BCUT2D eigenvalue weighted by Crippen LogP contribution is 2.31. The molecule has 0 fully saturated rings. The molecule has 5 heteroatoms. The minimum absolute atomic E-state index is 0.136. The second kappa shape index (κ2) is 7.02. The zero-order valence-corrected chi connectivity index (χ0v) is 14.3. The summed E-state index contributed by atoms with van der Waals surface area (Å²) in [7, 11) is 0. The molecule has 1 N–H and O–H groups in total. The van der Waals surface area contributed by atoms with Crippen LogP contribution in [0.5, 0.6) is 0 Å². The lowest BCUT2D eigenvalue weighted by molar-refractivity contribution is 0.0497. The molecule has 1 aromatic carbocycles.